The lowest BCUT2D eigenvalue weighted by Gasteiger charge is -2.33. The van der Waals surface area contributed by atoms with Crippen LogP contribution in [0.15, 0.2) is 0 Å². The van der Waals surface area contributed by atoms with E-state index in [1.165, 1.54) is 0 Å². The third kappa shape index (κ3) is 25.9. The molecule has 0 radical (unpaired) electrons. The number of nitrogens with two attached hydrogens (primary N) is 1. The Kier molecular flexibility index (Phi) is 25.0. The molecular formula is C22H49Cl4N4O4+. The standard InChI is InChI=1S/C14H30Cl3N2O3.C5H14N2.C3H5ClO/c1-19(2,11-14(22)8-17)5-3-4-18(9-12(20)6-15)10-13(21)7-16;1-7(2)5-3-4-6;4-1-3-2-5-3/h12-14,20-22H,3-11H2,1-2H3;3-6H2,1-2H3;3H,1-2H2/q+1;;. The lowest BCUT2D eigenvalue weighted by atomic mass is 10.2. The molecule has 8 nitrogen and oxygen atoms in total. The van der Waals surface area contributed by atoms with Gasteiger partial charge in [-0.1, -0.05) is 0 Å². The van der Waals surface area contributed by atoms with Gasteiger partial charge >= 0.3 is 0 Å². The van der Waals surface area contributed by atoms with Gasteiger partial charge < -0.3 is 35.2 Å². The van der Waals surface area contributed by atoms with Gasteiger partial charge in [-0.05, 0) is 33.6 Å². The van der Waals surface area contributed by atoms with E-state index in [4.69, 9.17) is 56.9 Å². The largest absolute Gasteiger partial charge is 0.391 e. The van der Waals surface area contributed by atoms with Crippen molar-refractivity contribution in [2.45, 2.75) is 37.3 Å². The third-order valence-corrected chi connectivity index (χ3v) is 6.21. The normalized spacial score (nSPS) is 18.0. The molecule has 0 spiro atoms. The first-order chi connectivity index (χ1) is 15.9. The Hall–Kier alpha value is 0.840. The minimum atomic E-state index is -0.621. The fourth-order valence-corrected chi connectivity index (χ4v) is 3.42. The number of rotatable bonds is 17. The summed E-state index contributed by atoms with van der Waals surface area (Å²) < 4.78 is 5.39. The minimum absolute atomic E-state index is 0.164. The van der Waals surface area contributed by atoms with Crippen LogP contribution in [0, 0.1) is 0 Å². The number of quaternary nitrogens is 1. The van der Waals surface area contributed by atoms with Gasteiger partial charge in [-0.25, -0.2) is 0 Å². The predicted octanol–water partition coefficient (Wildman–Crippen LogP) is 1.07. The zero-order chi connectivity index (χ0) is 26.6. The van der Waals surface area contributed by atoms with Crippen molar-refractivity contribution < 1.29 is 24.5 Å². The van der Waals surface area contributed by atoms with E-state index in [0.717, 1.165) is 45.6 Å². The first-order valence-electron chi connectivity index (χ1n) is 11.7. The van der Waals surface area contributed by atoms with Crippen LogP contribution in [0.4, 0.5) is 0 Å². The summed E-state index contributed by atoms with van der Waals surface area (Å²) in [5.41, 5.74) is 5.25. The quantitative estimate of drug-likeness (QED) is 0.117. The molecule has 5 N–H and O–H groups in total. The molecular weight excluding hydrogens is 526 g/mol. The van der Waals surface area contributed by atoms with Crippen LogP contribution in [0.25, 0.3) is 0 Å². The van der Waals surface area contributed by atoms with E-state index < -0.39 is 18.3 Å². The molecule has 0 aromatic heterocycles. The van der Waals surface area contributed by atoms with Crippen molar-refractivity contribution in [2.24, 2.45) is 5.73 Å². The first kappa shape index (κ1) is 37.0. The maximum Gasteiger partial charge on any atom is 0.116 e. The number of hydrogen-bond donors (Lipinski definition) is 4. The maximum atomic E-state index is 9.68. The highest BCUT2D eigenvalue weighted by molar-refractivity contribution is 6.18. The van der Waals surface area contributed by atoms with Crippen molar-refractivity contribution >= 4 is 46.4 Å². The van der Waals surface area contributed by atoms with E-state index in [1.807, 2.05) is 19.0 Å². The van der Waals surface area contributed by atoms with Crippen molar-refractivity contribution in [3.05, 3.63) is 0 Å². The van der Waals surface area contributed by atoms with Crippen LogP contribution in [-0.2, 0) is 4.74 Å². The van der Waals surface area contributed by atoms with Crippen LogP contribution in [0.1, 0.15) is 12.8 Å². The van der Waals surface area contributed by atoms with Crippen LogP contribution in [0.5, 0.6) is 0 Å². The van der Waals surface area contributed by atoms with Gasteiger partial charge in [-0.15, -0.1) is 46.4 Å². The van der Waals surface area contributed by atoms with Crippen LogP contribution in [0.3, 0.4) is 0 Å². The van der Waals surface area contributed by atoms with E-state index in [2.05, 4.69) is 19.0 Å². The van der Waals surface area contributed by atoms with Crippen molar-refractivity contribution in [3.8, 4) is 0 Å². The van der Waals surface area contributed by atoms with Crippen molar-refractivity contribution in [3.63, 3.8) is 0 Å². The number of ether oxygens (including phenoxy) is 1. The molecule has 208 valence electrons. The Morgan fingerprint density at radius 3 is 1.71 bits per heavy atom. The van der Waals surface area contributed by atoms with Gasteiger partial charge in [0.2, 0.25) is 0 Å². The van der Waals surface area contributed by atoms with E-state index in [-0.39, 0.29) is 17.6 Å². The maximum absolute atomic E-state index is 9.68. The zero-order valence-corrected chi connectivity index (χ0v) is 24.4. The molecule has 0 aromatic carbocycles. The fourth-order valence-electron chi connectivity index (χ4n) is 2.95. The average Bonchev–Trinajstić information content (AvgIpc) is 3.62. The Morgan fingerprint density at radius 2 is 1.41 bits per heavy atom. The number of epoxide rings is 1. The van der Waals surface area contributed by atoms with Crippen molar-refractivity contribution in [1.29, 1.82) is 0 Å². The number of nitrogens with zero attached hydrogens (tertiary/aromatic N) is 3. The number of alkyl halides is 4. The molecule has 4 atom stereocenters. The van der Waals surface area contributed by atoms with Crippen molar-refractivity contribution in [2.75, 3.05) is 104 Å². The zero-order valence-electron chi connectivity index (χ0n) is 21.4. The second-order valence-electron chi connectivity index (χ2n) is 9.43. The molecule has 0 aromatic rings. The van der Waals surface area contributed by atoms with Crippen LogP contribution in [0.2, 0.25) is 0 Å². The summed E-state index contributed by atoms with van der Waals surface area (Å²) in [5.74, 6) is 1.23. The second kappa shape index (κ2) is 23.0. The molecule has 1 rings (SSSR count). The molecule has 0 bridgehead atoms. The summed E-state index contributed by atoms with van der Waals surface area (Å²) >= 11 is 22.2. The van der Waals surface area contributed by atoms with Gasteiger partial charge in [0.05, 0.1) is 57.3 Å². The predicted molar refractivity (Wildman–Crippen MR) is 146 cm³/mol. The number of aliphatic hydroxyl groups excluding tert-OH is 3. The fraction of sp³-hybridized carbons (Fsp3) is 1.00. The summed E-state index contributed by atoms with van der Waals surface area (Å²) in [4.78, 5) is 4.10. The minimum Gasteiger partial charge on any atom is -0.391 e. The lowest BCUT2D eigenvalue weighted by molar-refractivity contribution is -0.893. The van der Waals surface area contributed by atoms with Crippen LogP contribution < -0.4 is 5.73 Å². The van der Waals surface area contributed by atoms with Crippen LogP contribution in [-0.4, -0.2) is 158 Å². The summed E-state index contributed by atoms with van der Waals surface area (Å²) in [6.45, 7) is 5.79. The topological polar surface area (TPSA) is 106 Å². The van der Waals surface area contributed by atoms with E-state index >= 15 is 0 Å². The third-order valence-electron chi connectivity index (χ3n) is 4.80. The van der Waals surface area contributed by atoms with Gasteiger partial charge in [0, 0.05) is 37.8 Å². The molecule has 1 aliphatic heterocycles. The lowest BCUT2D eigenvalue weighted by Crippen LogP contribution is -2.48. The van der Waals surface area contributed by atoms with Gasteiger partial charge in [0.15, 0.2) is 0 Å². The molecule has 1 fully saturated rings. The molecule has 0 amide bonds. The Morgan fingerprint density at radius 1 is 0.912 bits per heavy atom. The van der Waals surface area contributed by atoms with E-state index in [0.29, 0.717) is 36.1 Å². The number of aliphatic hydroxyl groups is 3. The molecule has 0 saturated carbocycles. The molecule has 1 saturated heterocycles. The SMILES string of the molecule is CN(C)CCCN.C[N+](C)(CCCN(CC(O)CCl)CC(O)CCl)CC(O)CCl.ClCC1CO1. The molecule has 1 aliphatic rings. The summed E-state index contributed by atoms with van der Waals surface area (Å²) in [7, 11) is 8.19. The molecule has 34 heavy (non-hydrogen) atoms. The Labute approximate surface area is 227 Å². The molecule has 1 heterocycles. The van der Waals surface area contributed by atoms with Gasteiger partial charge in [-0.2, -0.15) is 0 Å². The van der Waals surface area contributed by atoms with E-state index in [9.17, 15) is 15.3 Å². The van der Waals surface area contributed by atoms with Gasteiger partial charge in [0.25, 0.3) is 0 Å². The molecule has 4 unspecified atom stereocenters. The summed E-state index contributed by atoms with van der Waals surface area (Å²) in [6.07, 6.45) is 0.619. The average molecular weight is 575 g/mol. The highest BCUT2D eigenvalue weighted by Crippen LogP contribution is 2.09. The summed E-state index contributed by atoms with van der Waals surface area (Å²) in [5, 5.41) is 29.0. The first-order valence-corrected chi connectivity index (χ1v) is 13.9. The monoisotopic (exact) mass is 573 g/mol. The number of halogens is 4. The molecule has 12 heteroatoms. The second-order valence-corrected chi connectivity index (χ2v) is 10.7. The van der Waals surface area contributed by atoms with Crippen LogP contribution >= 0.6 is 46.4 Å². The Bertz CT molecular complexity index is 441. The number of hydrogen-bond acceptors (Lipinski definition) is 7. The van der Waals surface area contributed by atoms with Gasteiger partial charge in [0.1, 0.15) is 12.6 Å². The van der Waals surface area contributed by atoms with E-state index in [1.54, 1.807) is 0 Å². The number of likely N-dealkylation sites (N-methyl/N-ethyl adjacent to an activating group) is 1. The highest BCUT2D eigenvalue weighted by Gasteiger charge is 2.21. The highest BCUT2D eigenvalue weighted by atomic mass is 35.5. The van der Waals surface area contributed by atoms with Crippen molar-refractivity contribution in [1.82, 2.24) is 9.80 Å². The van der Waals surface area contributed by atoms with Gasteiger partial charge in [-0.3, -0.25) is 4.90 Å². The smallest absolute Gasteiger partial charge is 0.116 e. The molecule has 0 aliphatic carbocycles. The Balaban J connectivity index is 0. The summed E-state index contributed by atoms with van der Waals surface area (Å²) in [6, 6.07) is 0.